The molecule has 2 unspecified atom stereocenters. The fourth-order valence-electron chi connectivity index (χ4n) is 3.08. The van der Waals surface area contributed by atoms with Gasteiger partial charge in [-0.1, -0.05) is 6.07 Å². The van der Waals surface area contributed by atoms with Crippen LogP contribution in [0, 0.1) is 0 Å². The molecule has 3 rings (SSSR count). The number of aromatic nitrogens is 2. The molecule has 0 aromatic carbocycles. The Morgan fingerprint density at radius 3 is 2.92 bits per heavy atom. The molecule has 7 nitrogen and oxygen atoms in total. The van der Waals surface area contributed by atoms with Gasteiger partial charge < -0.3 is 14.7 Å². The Hall–Kier alpha value is -2.19. The second-order valence-electron chi connectivity index (χ2n) is 5.84. The van der Waals surface area contributed by atoms with Gasteiger partial charge in [-0.2, -0.15) is 5.10 Å². The standard InChI is InChI=1S/C16H19N3O4S/c1-18-9-12(15(17-18)13-4-3-5-24-13)16(22)19-8-11(23-2)6-10(19)7-14(20)21/h3-5,9-11H,6-8H2,1-2H3,(H,20,21). The summed E-state index contributed by atoms with van der Waals surface area (Å²) >= 11 is 1.51. The molecule has 2 atom stereocenters. The molecule has 0 aliphatic carbocycles. The molecule has 128 valence electrons. The van der Waals surface area contributed by atoms with Gasteiger partial charge in [0.25, 0.3) is 5.91 Å². The van der Waals surface area contributed by atoms with Crippen LogP contribution in [0.5, 0.6) is 0 Å². The van der Waals surface area contributed by atoms with Crippen LogP contribution in [-0.2, 0) is 16.6 Å². The summed E-state index contributed by atoms with van der Waals surface area (Å²) in [5.74, 6) is -1.11. The lowest BCUT2D eigenvalue weighted by Gasteiger charge is -2.23. The summed E-state index contributed by atoms with van der Waals surface area (Å²) in [7, 11) is 3.35. The highest BCUT2D eigenvalue weighted by atomic mass is 32.1. The number of methoxy groups -OCH3 is 1. The molecule has 0 spiro atoms. The zero-order valence-electron chi connectivity index (χ0n) is 13.5. The summed E-state index contributed by atoms with van der Waals surface area (Å²) in [5, 5.41) is 15.5. The van der Waals surface area contributed by atoms with Crippen molar-refractivity contribution in [2.75, 3.05) is 13.7 Å². The molecule has 2 aromatic heterocycles. The van der Waals surface area contributed by atoms with E-state index in [2.05, 4.69) is 5.10 Å². The van der Waals surface area contributed by atoms with E-state index < -0.39 is 5.97 Å². The maximum atomic E-state index is 13.1. The second kappa shape index (κ2) is 6.74. The van der Waals surface area contributed by atoms with Crippen molar-refractivity contribution in [1.82, 2.24) is 14.7 Å². The van der Waals surface area contributed by atoms with Crippen molar-refractivity contribution in [2.45, 2.75) is 25.0 Å². The van der Waals surface area contributed by atoms with Crippen molar-refractivity contribution < 1.29 is 19.4 Å². The molecule has 1 aliphatic rings. The third-order valence-electron chi connectivity index (χ3n) is 4.19. The van der Waals surface area contributed by atoms with Crippen LogP contribution in [0.3, 0.4) is 0 Å². The van der Waals surface area contributed by atoms with Gasteiger partial charge in [0.15, 0.2) is 0 Å². The highest BCUT2D eigenvalue weighted by Crippen LogP contribution is 2.30. The molecule has 1 fully saturated rings. The summed E-state index contributed by atoms with van der Waals surface area (Å²) in [6, 6.07) is 3.46. The summed E-state index contributed by atoms with van der Waals surface area (Å²) in [6.45, 7) is 0.395. The van der Waals surface area contributed by atoms with E-state index >= 15 is 0 Å². The average Bonchev–Trinajstić information content (AvgIpc) is 3.24. The largest absolute Gasteiger partial charge is 0.481 e. The Balaban J connectivity index is 1.92. The number of carbonyl (C=O) groups excluding carboxylic acids is 1. The van der Waals surface area contributed by atoms with Gasteiger partial charge in [-0.05, 0) is 17.9 Å². The quantitative estimate of drug-likeness (QED) is 0.890. The molecule has 8 heteroatoms. The molecule has 1 N–H and O–H groups in total. The van der Waals surface area contributed by atoms with Gasteiger partial charge in [0.2, 0.25) is 0 Å². The minimum atomic E-state index is -0.917. The predicted molar refractivity (Wildman–Crippen MR) is 89.0 cm³/mol. The van der Waals surface area contributed by atoms with Crippen LogP contribution in [0.1, 0.15) is 23.2 Å². The lowest BCUT2D eigenvalue weighted by Crippen LogP contribution is -2.37. The highest BCUT2D eigenvalue weighted by Gasteiger charge is 2.38. The number of ether oxygens (including phenoxy) is 1. The van der Waals surface area contributed by atoms with Gasteiger partial charge >= 0.3 is 5.97 Å². The summed E-state index contributed by atoms with van der Waals surface area (Å²) in [4.78, 5) is 26.7. The third-order valence-corrected chi connectivity index (χ3v) is 5.07. The van der Waals surface area contributed by atoms with Crippen LogP contribution in [0.4, 0.5) is 0 Å². The minimum absolute atomic E-state index is 0.0831. The molecule has 1 saturated heterocycles. The van der Waals surface area contributed by atoms with E-state index in [1.54, 1.807) is 29.9 Å². The number of carboxylic acids is 1. The van der Waals surface area contributed by atoms with Crippen molar-refractivity contribution in [2.24, 2.45) is 7.05 Å². The van der Waals surface area contributed by atoms with Gasteiger partial charge in [-0.15, -0.1) is 11.3 Å². The van der Waals surface area contributed by atoms with Crippen molar-refractivity contribution in [1.29, 1.82) is 0 Å². The molecule has 3 heterocycles. The van der Waals surface area contributed by atoms with E-state index in [4.69, 9.17) is 9.84 Å². The molecule has 0 saturated carbocycles. The predicted octanol–water partition coefficient (Wildman–Crippen LogP) is 1.85. The number of rotatable bonds is 5. The molecule has 0 radical (unpaired) electrons. The van der Waals surface area contributed by atoms with E-state index in [1.165, 1.54) is 11.3 Å². The Morgan fingerprint density at radius 2 is 2.29 bits per heavy atom. The minimum Gasteiger partial charge on any atom is -0.481 e. The number of nitrogens with zero attached hydrogens (tertiary/aromatic N) is 3. The number of aryl methyl sites for hydroxylation is 1. The van der Waals surface area contributed by atoms with Crippen molar-refractivity contribution in [3.63, 3.8) is 0 Å². The summed E-state index contributed by atoms with van der Waals surface area (Å²) < 4.78 is 6.95. The maximum Gasteiger partial charge on any atom is 0.305 e. The Morgan fingerprint density at radius 1 is 1.50 bits per heavy atom. The number of amides is 1. The van der Waals surface area contributed by atoms with Crippen LogP contribution < -0.4 is 0 Å². The summed E-state index contributed by atoms with van der Waals surface area (Å²) in [5.41, 5.74) is 1.12. The zero-order valence-corrected chi connectivity index (χ0v) is 14.3. The molecule has 24 heavy (non-hydrogen) atoms. The van der Waals surface area contributed by atoms with Gasteiger partial charge in [0.05, 0.1) is 23.0 Å². The number of carbonyl (C=O) groups is 2. The van der Waals surface area contributed by atoms with E-state index in [0.29, 0.717) is 24.2 Å². The molecule has 1 amide bonds. The van der Waals surface area contributed by atoms with Crippen LogP contribution in [0.2, 0.25) is 0 Å². The number of carboxylic acid groups (broad SMARTS) is 1. The van der Waals surface area contributed by atoms with Gasteiger partial charge in [-0.25, -0.2) is 0 Å². The number of hydrogen-bond donors (Lipinski definition) is 1. The first-order valence-electron chi connectivity index (χ1n) is 7.62. The first-order chi connectivity index (χ1) is 11.5. The smallest absolute Gasteiger partial charge is 0.305 e. The monoisotopic (exact) mass is 349 g/mol. The summed E-state index contributed by atoms with van der Waals surface area (Å²) in [6.07, 6.45) is 2.00. The SMILES string of the molecule is COC1CC(CC(=O)O)N(C(=O)c2cn(C)nc2-c2cccs2)C1. The third kappa shape index (κ3) is 3.20. The lowest BCUT2D eigenvalue weighted by molar-refractivity contribution is -0.137. The fraction of sp³-hybridized carbons (Fsp3) is 0.438. The van der Waals surface area contributed by atoms with Crippen molar-refractivity contribution in [3.05, 3.63) is 29.3 Å². The maximum absolute atomic E-state index is 13.1. The van der Waals surface area contributed by atoms with E-state index in [-0.39, 0.29) is 24.5 Å². The number of aliphatic carboxylic acids is 1. The Kier molecular flexibility index (Phi) is 4.68. The van der Waals surface area contributed by atoms with Gasteiger partial charge in [-0.3, -0.25) is 14.3 Å². The molecule has 2 aromatic rings. The van der Waals surface area contributed by atoms with Crippen molar-refractivity contribution >= 4 is 23.2 Å². The fourth-order valence-corrected chi connectivity index (χ4v) is 3.81. The van der Waals surface area contributed by atoms with E-state index in [9.17, 15) is 9.59 Å². The second-order valence-corrected chi connectivity index (χ2v) is 6.79. The lowest BCUT2D eigenvalue weighted by atomic mass is 10.1. The zero-order chi connectivity index (χ0) is 17.3. The number of likely N-dealkylation sites (tertiary alicyclic amines) is 1. The van der Waals surface area contributed by atoms with E-state index in [0.717, 1.165) is 4.88 Å². The normalized spacial score (nSPS) is 20.5. The molecular weight excluding hydrogens is 330 g/mol. The van der Waals surface area contributed by atoms with Gasteiger partial charge in [0.1, 0.15) is 5.69 Å². The molecular formula is C16H19N3O4S. The average molecular weight is 349 g/mol. The van der Waals surface area contributed by atoms with Gasteiger partial charge in [0, 0.05) is 32.9 Å². The molecule has 0 bridgehead atoms. The number of hydrogen-bond acceptors (Lipinski definition) is 5. The Bertz CT molecular complexity index is 741. The van der Waals surface area contributed by atoms with Crippen LogP contribution >= 0.6 is 11.3 Å². The first kappa shape index (κ1) is 16.7. The Labute approximate surface area is 143 Å². The van der Waals surface area contributed by atoms with E-state index in [1.807, 2.05) is 17.5 Å². The van der Waals surface area contributed by atoms with Crippen LogP contribution in [0.25, 0.3) is 10.6 Å². The van der Waals surface area contributed by atoms with Crippen LogP contribution in [0.15, 0.2) is 23.7 Å². The topological polar surface area (TPSA) is 84.7 Å². The first-order valence-corrected chi connectivity index (χ1v) is 8.50. The number of thiophene rings is 1. The molecule has 1 aliphatic heterocycles. The van der Waals surface area contributed by atoms with Crippen LogP contribution in [-0.4, -0.2) is 57.5 Å². The highest BCUT2D eigenvalue weighted by molar-refractivity contribution is 7.13. The van der Waals surface area contributed by atoms with Crippen molar-refractivity contribution in [3.8, 4) is 10.6 Å².